The summed E-state index contributed by atoms with van der Waals surface area (Å²) in [6, 6.07) is 10.1. The minimum atomic E-state index is -0.433. The van der Waals surface area contributed by atoms with Crippen LogP contribution in [0, 0.1) is 44.8 Å². The molecular weight excluding hydrogens is 534 g/mol. The molecule has 1 aromatic carbocycles. The van der Waals surface area contributed by atoms with Crippen molar-refractivity contribution in [1.82, 2.24) is 5.16 Å². The second kappa shape index (κ2) is 9.55. The van der Waals surface area contributed by atoms with Gasteiger partial charge >= 0.3 is 5.97 Å². The number of hydrogen-bond acceptors (Lipinski definition) is 5. The van der Waals surface area contributed by atoms with Gasteiger partial charge in [-0.2, -0.15) is 0 Å². The average molecular weight is 586 g/mol. The molecule has 0 spiro atoms. The highest BCUT2D eigenvalue weighted by molar-refractivity contribution is 5.79. The van der Waals surface area contributed by atoms with E-state index >= 15 is 0 Å². The van der Waals surface area contributed by atoms with Crippen LogP contribution in [0.15, 0.2) is 52.7 Å². The zero-order chi connectivity index (χ0) is 30.5. The Labute approximate surface area is 257 Å². The monoisotopic (exact) mass is 585 g/mol. The highest BCUT2D eigenvalue weighted by atomic mass is 16.5. The highest BCUT2D eigenvalue weighted by Gasteiger charge is 2.70. The number of aromatic nitrogens is 1. The van der Waals surface area contributed by atoms with Crippen LogP contribution in [0.4, 0.5) is 0 Å². The topological polar surface area (TPSA) is 72.6 Å². The molecule has 1 heterocycles. The second-order valence-corrected chi connectivity index (χ2v) is 16.9. The van der Waals surface area contributed by atoms with E-state index < -0.39 is 10.8 Å². The first-order valence-electron chi connectivity index (χ1n) is 16.8. The number of rotatable bonds is 4. The van der Waals surface area contributed by atoms with Crippen molar-refractivity contribution < 1.29 is 19.2 Å². The Morgan fingerprint density at radius 3 is 2.49 bits per heavy atom. The van der Waals surface area contributed by atoms with Crippen molar-refractivity contribution in [3.8, 4) is 0 Å². The summed E-state index contributed by atoms with van der Waals surface area (Å²) >= 11 is 0. The molecule has 3 fully saturated rings. The summed E-state index contributed by atoms with van der Waals surface area (Å²) in [7, 11) is 0. The molecule has 1 N–H and O–H groups in total. The number of carbonyl (C=O) groups is 1. The summed E-state index contributed by atoms with van der Waals surface area (Å²) < 4.78 is 12.0. The van der Waals surface area contributed by atoms with Gasteiger partial charge in [-0.3, -0.25) is 4.79 Å². The number of esters is 1. The van der Waals surface area contributed by atoms with E-state index in [1.54, 1.807) is 5.57 Å². The summed E-state index contributed by atoms with van der Waals surface area (Å²) in [5, 5.41) is 15.0. The number of aliphatic hydroxyl groups excluding tert-OH is 1. The van der Waals surface area contributed by atoms with Crippen LogP contribution >= 0.6 is 0 Å². The van der Waals surface area contributed by atoms with Crippen molar-refractivity contribution in [3.05, 3.63) is 65.1 Å². The summed E-state index contributed by atoms with van der Waals surface area (Å²) in [4.78, 5) is 14.2. The standard InChI is InChI=1S/C38H51NO4/c1-33(2)16-18-38(32(41)42-23-25-10-8-7-9-11-25)19-17-36(5)27(28(38)21-33)12-13-30-34(3)20-26-22-39-43-31(26)35(4,24-40)29(34)14-15-37(30,36)6/h7-12,22,28-30,40H,13-21,23-24H2,1-6H3/t28-,29+,30+,34-,35-,36+,37+,38-/m0/s1. The zero-order valence-electron chi connectivity index (χ0n) is 27.2. The lowest BCUT2D eigenvalue weighted by Gasteiger charge is -2.70. The van der Waals surface area contributed by atoms with Gasteiger partial charge in [0.1, 0.15) is 12.4 Å². The van der Waals surface area contributed by atoms with Crippen LogP contribution in [0.1, 0.15) is 110 Å². The minimum absolute atomic E-state index is 0.0220. The molecule has 232 valence electrons. The predicted molar refractivity (Wildman–Crippen MR) is 167 cm³/mol. The maximum Gasteiger partial charge on any atom is 0.313 e. The molecule has 0 radical (unpaired) electrons. The van der Waals surface area contributed by atoms with Crippen LogP contribution in [-0.4, -0.2) is 22.8 Å². The van der Waals surface area contributed by atoms with Crippen molar-refractivity contribution >= 4 is 5.97 Å². The maximum absolute atomic E-state index is 14.2. The van der Waals surface area contributed by atoms with Crippen LogP contribution < -0.4 is 0 Å². The first kappa shape index (κ1) is 29.3. The van der Waals surface area contributed by atoms with E-state index in [1.165, 1.54) is 5.56 Å². The third-order valence-electron chi connectivity index (χ3n) is 14.4. The normalized spacial score (nSPS) is 42.8. The molecule has 7 rings (SSSR count). The van der Waals surface area contributed by atoms with Gasteiger partial charge in [0.05, 0.1) is 23.6 Å². The average Bonchev–Trinajstić information content (AvgIpc) is 3.45. The fourth-order valence-electron chi connectivity index (χ4n) is 11.7. The number of aliphatic hydroxyl groups is 1. The zero-order valence-corrected chi connectivity index (χ0v) is 27.2. The smallest absolute Gasteiger partial charge is 0.313 e. The molecule has 5 aliphatic carbocycles. The van der Waals surface area contributed by atoms with Gasteiger partial charge in [-0.15, -0.1) is 0 Å². The lowest BCUT2D eigenvalue weighted by Crippen LogP contribution is -2.65. The largest absolute Gasteiger partial charge is 0.460 e. The van der Waals surface area contributed by atoms with Crippen LogP contribution in [0.2, 0.25) is 0 Å². The number of allylic oxidation sites excluding steroid dienone is 2. The Hall–Kier alpha value is -2.40. The van der Waals surface area contributed by atoms with Crippen LogP contribution in [-0.2, 0) is 28.0 Å². The van der Waals surface area contributed by atoms with E-state index in [1.807, 2.05) is 36.5 Å². The number of benzene rings is 1. The number of carbonyl (C=O) groups excluding carboxylic acids is 1. The quantitative estimate of drug-likeness (QED) is 0.289. The van der Waals surface area contributed by atoms with Gasteiger partial charge in [-0.05, 0) is 110 Å². The molecule has 2 aromatic rings. The Morgan fingerprint density at radius 1 is 1.00 bits per heavy atom. The molecule has 3 saturated carbocycles. The molecule has 8 atom stereocenters. The van der Waals surface area contributed by atoms with Crippen molar-refractivity contribution in [3.63, 3.8) is 0 Å². The fourth-order valence-corrected chi connectivity index (χ4v) is 11.7. The summed E-state index contributed by atoms with van der Waals surface area (Å²) in [5.74, 6) is 1.97. The molecule has 0 amide bonds. The molecule has 0 aliphatic heterocycles. The number of hydrogen-bond donors (Lipinski definition) is 1. The molecule has 0 unspecified atom stereocenters. The Bertz CT molecular complexity index is 1440. The van der Waals surface area contributed by atoms with E-state index in [0.29, 0.717) is 18.4 Å². The van der Waals surface area contributed by atoms with E-state index in [9.17, 15) is 9.90 Å². The van der Waals surface area contributed by atoms with E-state index in [0.717, 1.165) is 69.1 Å². The minimum Gasteiger partial charge on any atom is -0.460 e. The van der Waals surface area contributed by atoms with Crippen LogP contribution in [0.3, 0.4) is 0 Å². The second-order valence-electron chi connectivity index (χ2n) is 16.9. The lowest BCUT2D eigenvalue weighted by atomic mass is 9.33. The highest BCUT2D eigenvalue weighted by Crippen LogP contribution is 2.75. The Balaban J connectivity index is 1.27. The number of ether oxygens (including phenoxy) is 1. The lowest BCUT2D eigenvalue weighted by molar-refractivity contribution is -0.184. The number of nitrogens with zero attached hydrogens (tertiary/aromatic N) is 1. The van der Waals surface area contributed by atoms with Gasteiger partial charge in [-0.25, -0.2) is 0 Å². The Kier molecular flexibility index (Phi) is 6.51. The van der Waals surface area contributed by atoms with Gasteiger partial charge in [0.15, 0.2) is 0 Å². The fraction of sp³-hybridized carbons (Fsp3) is 0.684. The summed E-state index contributed by atoms with van der Waals surface area (Å²) in [6.07, 6.45) is 13.7. The van der Waals surface area contributed by atoms with Crippen LogP contribution in [0.25, 0.3) is 0 Å². The molecule has 5 aliphatic rings. The van der Waals surface area contributed by atoms with Gasteiger partial charge in [0.25, 0.3) is 0 Å². The van der Waals surface area contributed by atoms with Gasteiger partial charge < -0.3 is 14.4 Å². The van der Waals surface area contributed by atoms with E-state index in [2.05, 4.69) is 52.8 Å². The third kappa shape index (κ3) is 3.91. The molecular formula is C38H51NO4. The molecule has 1 aromatic heterocycles. The van der Waals surface area contributed by atoms with Crippen molar-refractivity contribution in [2.45, 2.75) is 111 Å². The maximum atomic E-state index is 14.2. The number of fused-ring (bicyclic) bond motifs is 8. The summed E-state index contributed by atoms with van der Waals surface area (Å²) in [6.45, 7) is 15.1. The summed E-state index contributed by atoms with van der Waals surface area (Å²) in [5.41, 5.74) is 3.29. The van der Waals surface area contributed by atoms with Crippen molar-refractivity contribution in [2.24, 2.45) is 44.8 Å². The third-order valence-corrected chi connectivity index (χ3v) is 14.4. The van der Waals surface area contributed by atoms with E-state index in [-0.39, 0.29) is 40.2 Å². The molecule has 5 heteroatoms. The van der Waals surface area contributed by atoms with E-state index in [4.69, 9.17) is 9.26 Å². The van der Waals surface area contributed by atoms with Gasteiger partial charge in [0.2, 0.25) is 0 Å². The van der Waals surface area contributed by atoms with Crippen molar-refractivity contribution in [2.75, 3.05) is 6.61 Å². The predicted octanol–water partition coefficient (Wildman–Crippen LogP) is 8.21. The molecule has 5 nitrogen and oxygen atoms in total. The van der Waals surface area contributed by atoms with Gasteiger partial charge in [-0.1, -0.05) is 81.8 Å². The molecule has 0 saturated heterocycles. The molecule has 0 bridgehead atoms. The first-order valence-corrected chi connectivity index (χ1v) is 16.8. The first-order chi connectivity index (χ1) is 20.3. The Morgan fingerprint density at radius 2 is 1.74 bits per heavy atom. The van der Waals surface area contributed by atoms with Gasteiger partial charge in [0, 0.05) is 5.56 Å². The van der Waals surface area contributed by atoms with Crippen molar-refractivity contribution in [1.29, 1.82) is 0 Å². The van der Waals surface area contributed by atoms with Crippen LogP contribution in [0.5, 0.6) is 0 Å². The molecule has 43 heavy (non-hydrogen) atoms. The SMILES string of the molecule is CC1(C)CC[C@]2(C(=O)OCc3ccccc3)CC[C@]3(C)C(=CC[C@@H]4[C@@]5(C)Cc6cnoc6[C@@](C)(CO)[C@@H]5CC[C@]43C)[C@@H]2C1.